The van der Waals surface area contributed by atoms with Gasteiger partial charge in [0.1, 0.15) is 0 Å². The summed E-state index contributed by atoms with van der Waals surface area (Å²) in [5.74, 6) is 0.395. The second-order valence-corrected chi connectivity index (χ2v) is 7.56. The predicted molar refractivity (Wildman–Crippen MR) is 83.3 cm³/mol. The Morgan fingerprint density at radius 3 is 2.05 bits per heavy atom. The standard InChI is InChI=1S/C15H26N2O2S/c1-10(2)6-14(9-16)17-20(18,19)15-12(4)7-11(3)8-13(15)5/h7-8,10,14,17H,6,9,16H2,1-5H3. The van der Waals surface area contributed by atoms with Crippen LogP contribution in [0, 0.1) is 26.7 Å². The van der Waals surface area contributed by atoms with Gasteiger partial charge < -0.3 is 5.73 Å². The maximum absolute atomic E-state index is 12.6. The molecule has 1 rings (SSSR count). The minimum Gasteiger partial charge on any atom is -0.329 e. The zero-order valence-electron chi connectivity index (χ0n) is 13.0. The second-order valence-electron chi connectivity index (χ2n) is 5.91. The molecule has 114 valence electrons. The van der Waals surface area contributed by atoms with E-state index in [2.05, 4.69) is 18.6 Å². The quantitative estimate of drug-likeness (QED) is 0.846. The predicted octanol–water partition coefficient (Wildman–Crippen LogP) is 2.26. The lowest BCUT2D eigenvalue weighted by molar-refractivity contribution is 0.465. The molecule has 0 saturated carbocycles. The number of hydrogen-bond donors (Lipinski definition) is 2. The maximum atomic E-state index is 12.6. The van der Waals surface area contributed by atoms with E-state index < -0.39 is 10.0 Å². The summed E-state index contributed by atoms with van der Waals surface area (Å²) in [5, 5.41) is 0. The molecule has 0 aliphatic heterocycles. The lowest BCUT2D eigenvalue weighted by Crippen LogP contribution is -2.41. The summed E-state index contributed by atoms with van der Waals surface area (Å²) >= 11 is 0. The lowest BCUT2D eigenvalue weighted by Gasteiger charge is -2.20. The third-order valence-electron chi connectivity index (χ3n) is 3.24. The number of aryl methyl sites for hydroxylation is 3. The van der Waals surface area contributed by atoms with Gasteiger partial charge in [-0.05, 0) is 44.2 Å². The SMILES string of the molecule is Cc1cc(C)c(S(=O)(=O)NC(CN)CC(C)C)c(C)c1. The largest absolute Gasteiger partial charge is 0.329 e. The van der Waals surface area contributed by atoms with Crippen LogP contribution < -0.4 is 10.5 Å². The van der Waals surface area contributed by atoms with Crippen molar-refractivity contribution in [3.8, 4) is 0 Å². The minimum absolute atomic E-state index is 0.222. The van der Waals surface area contributed by atoms with E-state index in [0.717, 1.165) is 23.1 Å². The van der Waals surface area contributed by atoms with Gasteiger partial charge in [0.25, 0.3) is 0 Å². The molecule has 0 bridgehead atoms. The van der Waals surface area contributed by atoms with E-state index in [1.807, 2.05) is 32.9 Å². The second kappa shape index (κ2) is 6.70. The normalized spacial score (nSPS) is 13.8. The highest BCUT2D eigenvalue weighted by molar-refractivity contribution is 7.89. The molecule has 0 aromatic heterocycles. The van der Waals surface area contributed by atoms with Crippen LogP contribution in [0.25, 0.3) is 0 Å². The molecule has 5 heteroatoms. The van der Waals surface area contributed by atoms with E-state index in [4.69, 9.17) is 5.73 Å². The number of hydrogen-bond acceptors (Lipinski definition) is 3. The van der Waals surface area contributed by atoms with Crippen molar-refractivity contribution in [1.29, 1.82) is 0 Å². The van der Waals surface area contributed by atoms with Gasteiger partial charge in [-0.1, -0.05) is 31.5 Å². The van der Waals surface area contributed by atoms with Crippen LogP contribution in [0.2, 0.25) is 0 Å². The van der Waals surface area contributed by atoms with Gasteiger partial charge in [-0.25, -0.2) is 13.1 Å². The van der Waals surface area contributed by atoms with Crippen molar-refractivity contribution in [2.24, 2.45) is 11.7 Å². The third kappa shape index (κ3) is 4.30. The summed E-state index contributed by atoms with van der Waals surface area (Å²) in [6.07, 6.45) is 0.736. The molecule has 0 radical (unpaired) electrons. The highest BCUT2D eigenvalue weighted by Crippen LogP contribution is 2.22. The van der Waals surface area contributed by atoms with Crippen LogP contribution in [-0.4, -0.2) is 21.0 Å². The molecule has 0 amide bonds. The summed E-state index contributed by atoms with van der Waals surface area (Å²) < 4.78 is 27.9. The Balaban J connectivity index is 3.11. The molecule has 0 fully saturated rings. The Hall–Kier alpha value is -0.910. The Morgan fingerprint density at radius 1 is 1.15 bits per heavy atom. The fourth-order valence-electron chi connectivity index (χ4n) is 2.63. The summed E-state index contributed by atoms with van der Waals surface area (Å²) in [6.45, 7) is 10.0. The van der Waals surface area contributed by atoms with Crippen molar-refractivity contribution in [2.75, 3.05) is 6.54 Å². The molecule has 1 aromatic rings. The van der Waals surface area contributed by atoms with Crippen LogP contribution in [-0.2, 0) is 10.0 Å². The number of benzene rings is 1. The number of sulfonamides is 1. The molecule has 1 atom stereocenters. The van der Waals surface area contributed by atoms with Gasteiger partial charge in [0.05, 0.1) is 4.90 Å². The van der Waals surface area contributed by atoms with Crippen LogP contribution in [0.3, 0.4) is 0 Å². The van der Waals surface area contributed by atoms with Gasteiger partial charge in [0.15, 0.2) is 0 Å². The molecule has 4 nitrogen and oxygen atoms in total. The van der Waals surface area contributed by atoms with Crippen molar-refractivity contribution in [1.82, 2.24) is 4.72 Å². The van der Waals surface area contributed by atoms with Crippen LogP contribution in [0.1, 0.15) is 37.0 Å². The first-order chi connectivity index (χ1) is 9.17. The first-order valence-electron chi connectivity index (χ1n) is 6.97. The fraction of sp³-hybridized carbons (Fsp3) is 0.600. The molecular weight excluding hydrogens is 272 g/mol. The van der Waals surface area contributed by atoms with Crippen molar-refractivity contribution in [3.63, 3.8) is 0 Å². The average molecular weight is 298 g/mol. The van der Waals surface area contributed by atoms with Crippen LogP contribution >= 0.6 is 0 Å². The van der Waals surface area contributed by atoms with E-state index in [0.29, 0.717) is 17.4 Å². The van der Waals surface area contributed by atoms with Gasteiger partial charge in [-0.3, -0.25) is 0 Å². The van der Waals surface area contributed by atoms with E-state index in [-0.39, 0.29) is 6.04 Å². The zero-order valence-corrected chi connectivity index (χ0v) is 13.8. The number of rotatable bonds is 6. The van der Waals surface area contributed by atoms with E-state index in [1.54, 1.807) is 0 Å². The number of nitrogens with one attached hydrogen (secondary N) is 1. The van der Waals surface area contributed by atoms with E-state index >= 15 is 0 Å². The number of nitrogens with two attached hydrogens (primary N) is 1. The summed E-state index contributed by atoms with van der Waals surface area (Å²) in [5.41, 5.74) is 8.29. The molecular formula is C15H26N2O2S. The Labute approximate surface area is 122 Å². The molecule has 0 saturated heterocycles. The lowest BCUT2D eigenvalue weighted by atomic mass is 10.1. The van der Waals surface area contributed by atoms with E-state index in [1.165, 1.54) is 0 Å². The Kier molecular flexibility index (Phi) is 5.74. The molecule has 20 heavy (non-hydrogen) atoms. The van der Waals surface area contributed by atoms with Crippen LogP contribution in [0.5, 0.6) is 0 Å². The highest BCUT2D eigenvalue weighted by Gasteiger charge is 2.23. The third-order valence-corrected chi connectivity index (χ3v) is 5.06. The fourth-order valence-corrected chi connectivity index (χ4v) is 4.35. The highest BCUT2D eigenvalue weighted by atomic mass is 32.2. The maximum Gasteiger partial charge on any atom is 0.241 e. The zero-order chi connectivity index (χ0) is 15.5. The monoisotopic (exact) mass is 298 g/mol. The van der Waals surface area contributed by atoms with Gasteiger partial charge in [-0.2, -0.15) is 0 Å². The molecule has 1 unspecified atom stereocenters. The minimum atomic E-state index is -3.53. The Morgan fingerprint density at radius 2 is 1.65 bits per heavy atom. The van der Waals surface area contributed by atoms with Crippen molar-refractivity contribution >= 4 is 10.0 Å². The van der Waals surface area contributed by atoms with E-state index in [9.17, 15) is 8.42 Å². The first-order valence-corrected chi connectivity index (χ1v) is 8.46. The summed E-state index contributed by atoms with van der Waals surface area (Å²) in [7, 11) is -3.53. The van der Waals surface area contributed by atoms with Gasteiger partial charge in [0.2, 0.25) is 10.0 Å². The van der Waals surface area contributed by atoms with Crippen molar-refractivity contribution in [3.05, 3.63) is 28.8 Å². The average Bonchev–Trinajstić information content (AvgIpc) is 2.24. The summed E-state index contributed by atoms with van der Waals surface area (Å²) in [4.78, 5) is 0.380. The molecule has 0 aliphatic rings. The molecule has 3 N–H and O–H groups in total. The van der Waals surface area contributed by atoms with Crippen molar-refractivity contribution in [2.45, 2.75) is 52.0 Å². The molecule has 0 heterocycles. The Bertz CT molecular complexity index is 542. The molecule has 1 aromatic carbocycles. The van der Waals surface area contributed by atoms with Gasteiger partial charge in [0, 0.05) is 12.6 Å². The first kappa shape index (κ1) is 17.1. The van der Waals surface area contributed by atoms with Gasteiger partial charge in [-0.15, -0.1) is 0 Å². The smallest absolute Gasteiger partial charge is 0.241 e. The molecule has 0 aliphatic carbocycles. The van der Waals surface area contributed by atoms with Gasteiger partial charge >= 0.3 is 0 Å². The topological polar surface area (TPSA) is 72.2 Å². The molecule has 0 spiro atoms. The van der Waals surface area contributed by atoms with Crippen LogP contribution in [0.4, 0.5) is 0 Å². The summed E-state index contributed by atoms with van der Waals surface area (Å²) in [6, 6.07) is 3.56. The van der Waals surface area contributed by atoms with Crippen LogP contribution in [0.15, 0.2) is 17.0 Å². The van der Waals surface area contributed by atoms with Crippen molar-refractivity contribution < 1.29 is 8.42 Å².